The molecular formula is C27H26F2N4O3. The lowest BCUT2D eigenvalue weighted by atomic mass is 10.0. The summed E-state index contributed by atoms with van der Waals surface area (Å²) >= 11 is 0. The highest BCUT2D eigenvalue weighted by Crippen LogP contribution is 2.32. The molecule has 1 fully saturated rings. The molecule has 0 aliphatic heterocycles. The Morgan fingerprint density at radius 2 is 1.86 bits per heavy atom. The van der Waals surface area contributed by atoms with Crippen LogP contribution >= 0.6 is 0 Å². The number of halogens is 2. The molecule has 2 N–H and O–H groups in total. The molecule has 7 nitrogen and oxygen atoms in total. The maximum Gasteiger partial charge on any atom is 0.255 e. The average molecular weight is 493 g/mol. The topological polar surface area (TPSA) is 76.9 Å². The van der Waals surface area contributed by atoms with E-state index in [1.807, 2.05) is 19.1 Å². The molecule has 36 heavy (non-hydrogen) atoms. The van der Waals surface area contributed by atoms with Crippen molar-refractivity contribution < 1.29 is 23.0 Å². The van der Waals surface area contributed by atoms with E-state index >= 15 is 0 Å². The second kappa shape index (κ2) is 9.85. The Morgan fingerprint density at radius 3 is 2.53 bits per heavy atom. The van der Waals surface area contributed by atoms with Crippen molar-refractivity contribution in [1.82, 2.24) is 14.7 Å². The van der Waals surface area contributed by atoms with Crippen molar-refractivity contribution in [3.63, 3.8) is 0 Å². The van der Waals surface area contributed by atoms with Gasteiger partial charge in [0.25, 0.3) is 12.3 Å². The molecule has 2 aromatic heterocycles. The summed E-state index contributed by atoms with van der Waals surface area (Å²) in [7, 11) is 1.58. The zero-order chi connectivity index (χ0) is 25.2. The lowest BCUT2D eigenvalue weighted by Crippen LogP contribution is -2.26. The van der Waals surface area contributed by atoms with E-state index in [0.29, 0.717) is 34.1 Å². The zero-order valence-electron chi connectivity index (χ0n) is 19.9. The normalized spacial score (nSPS) is 13.1. The van der Waals surface area contributed by atoms with Crippen molar-refractivity contribution in [2.24, 2.45) is 0 Å². The molecule has 0 unspecified atom stereocenters. The second-order valence-corrected chi connectivity index (χ2v) is 8.75. The van der Waals surface area contributed by atoms with E-state index in [4.69, 9.17) is 9.47 Å². The maximum absolute atomic E-state index is 13.0. The van der Waals surface area contributed by atoms with Gasteiger partial charge in [-0.15, -0.1) is 0 Å². The highest BCUT2D eigenvalue weighted by molar-refractivity contribution is 5.96. The molecule has 1 saturated carbocycles. The minimum Gasteiger partial charge on any atom is -0.497 e. The monoisotopic (exact) mass is 492 g/mol. The van der Waals surface area contributed by atoms with Gasteiger partial charge < -0.3 is 20.1 Å². The molecule has 5 rings (SSSR count). The Hall–Kier alpha value is -4.14. The van der Waals surface area contributed by atoms with Crippen LogP contribution in [0.3, 0.4) is 0 Å². The summed E-state index contributed by atoms with van der Waals surface area (Å²) in [6, 6.07) is 14.6. The first-order valence-electron chi connectivity index (χ1n) is 11.7. The molecule has 0 atom stereocenters. The van der Waals surface area contributed by atoms with Gasteiger partial charge in [-0.1, -0.05) is 6.07 Å². The quantitative estimate of drug-likeness (QED) is 0.314. The Balaban J connectivity index is 1.51. The largest absolute Gasteiger partial charge is 0.497 e. The van der Waals surface area contributed by atoms with Crippen LogP contribution in [0.4, 0.5) is 14.5 Å². The number of hydrogen-bond acceptors (Lipinski definition) is 5. The molecule has 0 radical (unpaired) electrons. The third-order valence-electron chi connectivity index (χ3n) is 6.00. The van der Waals surface area contributed by atoms with Crippen LogP contribution in [0.5, 0.6) is 17.2 Å². The van der Waals surface area contributed by atoms with Crippen molar-refractivity contribution in [2.75, 3.05) is 19.0 Å². The Labute approximate surface area is 207 Å². The van der Waals surface area contributed by atoms with Crippen molar-refractivity contribution in [3.05, 3.63) is 72.1 Å². The molecule has 0 saturated heterocycles. The van der Waals surface area contributed by atoms with Gasteiger partial charge >= 0.3 is 0 Å². The fourth-order valence-corrected chi connectivity index (χ4v) is 4.00. The number of rotatable bonds is 9. The van der Waals surface area contributed by atoms with Gasteiger partial charge in [0, 0.05) is 23.2 Å². The number of anilines is 1. The highest BCUT2D eigenvalue weighted by Gasteiger charge is 2.24. The minimum absolute atomic E-state index is 0.0756. The van der Waals surface area contributed by atoms with Crippen LogP contribution in [0.15, 0.2) is 60.9 Å². The molecule has 0 bridgehead atoms. The van der Waals surface area contributed by atoms with Gasteiger partial charge in [0.2, 0.25) is 0 Å². The lowest BCUT2D eigenvalue weighted by molar-refractivity contribution is 0.0950. The Kier molecular flexibility index (Phi) is 6.45. The van der Waals surface area contributed by atoms with E-state index in [1.165, 1.54) is 0 Å². The van der Waals surface area contributed by atoms with Crippen LogP contribution in [-0.4, -0.2) is 41.4 Å². The minimum atomic E-state index is -2.53. The third kappa shape index (κ3) is 5.10. The van der Waals surface area contributed by atoms with Crippen LogP contribution in [-0.2, 0) is 0 Å². The number of methoxy groups -OCH3 is 1. The lowest BCUT2D eigenvalue weighted by Gasteiger charge is -2.13. The maximum atomic E-state index is 13.0. The standard InChI is InChI=1S/C27H26F2N4O3/c1-16-11-17(3-10-22(16)27(34)32-18-4-5-18)24-13-31-26-23(30-14-25(28)29)12-21(15-33(24)26)36-20-8-6-19(35-2)7-9-20/h3,6-13,15,18,25,30H,4-5,14H2,1-2H3,(H,32,34). The van der Waals surface area contributed by atoms with Crippen LogP contribution < -0.4 is 20.1 Å². The van der Waals surface area contributed by atoms with Gasteiger partial charge in [-0.05, 0) is 61.7 Å². The summed E-state index contributed by atoms with van der Waals surface area (Å²) in [5.41, 5.74) is 3.95. The molecule has 186 valence electrons. The summed E-state index contributed by atoms with van der Waals surface area (Å²) in [6.45, 7) is 1.37. The number of alkyl halides is 2. The zero-order valence-corrected chi connectivity index (χ0v) is 19.9. The number of amides is 1. The van der Waals surface area contributed by atoms with Gasteiger partial charge in [0.05, 0.1) is 37.4 Å². The summed E-state index contributed by atoms with van der Waals surface area (Å²) in [5.74, 6) is 1.63. The van der Waals surface area contributed by atoms with Crippen LogP contribution in [0.25, 0.3) is 16.9 Å². The van der Waals surface area contributed by atoms with Gasteiger partial charge in [-0.25, -0.2) is 13.8 Å². The molecule has 1 aliphatic carbocycles. The van der Waals surface area contributed by atoms with Crippen molar-refractivity contribution in [1.29, 1.82) is 0 Å². The molecule has 9 heteroatoms. The summed E-state index contributed by atoms with van der Waals surface area (Å²) in [5, 5.41) is 5.78. The highest BCUT2D eigenvalue weighted by atomic mass is 19.3. The first kappa shape index (κ1) is 23.6. The van der Waals surface area contributed by atoms with Crippen LogP contribution in [0, 0.1) is 6.92 Å². The number of benzene rings is 2. The number of nitrogens with zero attached hydrogens (tertiary/aromatic N) is 2. The average Bonchev–Trinajstić information content (AvgIpc) is 3.58. The third-order valence-corrected chi connectivity index (χ3v) is 6.00. The first-order valence-corrected chi connectivity index (χ1v) is 11.7. The number of aromatic nitrogens is 2. The number of carbonyl (C=O) groups excluding carboxylic acids is 1. The number of hydrogen-bond donors (Lipinski definition) is 2. The second-order valence-electron chi connectivity index (χ2n) is 8.75. The molecule has 2 aromatic carbocycles. The summed E-state index contributed by atoms with van der Waals surface area (Å²) < 4.78 is 39.0. The van der Waals surface area contributed by atoms with Gasteiger partial charge in [0.15, 0.2) is 5.65 Å². The number of aryl methyl sites for hydroxylation is 1. The van der Waals surface area contributed by atoms with Gasteiger partial charge in [-0.2, -0.15) is 0 Å². The van der Waals surface area contributed by atoms with Crippen LogP contribution in [0.1, 0.15) is 28.8 Å². The number of pyridine rings is 1. The van der Waals surface area contributed by atoms with E-state index in [2.05, 4.69) is 15.6 Å². The molecule has 1 aliphatic rings. The van der Waals surface area contributed by atoms with Crippen molar-refractivity contribution in [3.8, 4) is 28.5 Å². The van der Waals surface area contributed by atoms with E-state index in [9.17, 15) is 13.6 Å². The van der Waals surface area contributed by atoms with E-state index in [1.54, 1.807) is 60.3 Å². The predicted octanol–water partition coefficient (Wildman–Crippen LogP) is 5.68. The molecular weight excluding hydrogens is 466 g/mol. The van der Waals surface area contributed by atoms with Crippen molar-refractivity contribution in [2.45, 2.75) is 32.2 Å². The van der Waals surface area contributed by atoms with E-state index in [0.717, 1.165) is 29.7 Å². The van der Waals surface area contributed by atoms with E-state index in [-0.39, 0.29) is 11.9 Å². The summed E-state index contributed by atoms with van der Waals surface area (Å²) in [6.07, 6.45) is 2.96. The van der Waals surface area contributed by atoms with Crippen LogP contribution in [0.2, 0.25) is 0 Å². The molecule has 1 amide bonds. The number of nitrogens with one attached hydrogen (secondary N) is 2. The SMILES string of the molecule is COc1ccc(Oc2cc(NCC(F)F)c3ncc(-c4ccc(C(=O)NC5CC5)c(C)c4)n3c2)cc1. The first-order chi connectivity index (χ1) is 17.4. The number of carbonyl (C=O) groups is 1. The number of imidazole rings is 1. The molecule has 4 aromatic rings. The van der Waals surface area contributed by atoms with Gasteiger partial charge in [-0.3, -0.25) is 9.20 Å². The van der Waals surface area contributed by atoms with Gasteiger partial charge in [0.1, 0.15) is 17.2 Å². The predicted molar refractivity (Wildman–Crippen MR) is 133 cm³/mol. The number of fused-ring (bicyclic) bond motifs is 1. The molecule has 0 spiro atoms. The fourth-order valence-electron chi connectivity index (χ4n) is 4.00. The fraction of sp³-hybridized carbons (Fsp3) is 0.259. The number of ether oxygens (including phenoxy) is 2. The Morgan fingerprint density at radius 1 is 1.11 bits per heavy atom. The molecule has 2 heterocycles. The Bertz CT molecular complexity index is 1400. The smallest absolute Gasteiger partial charge is 0.255 e. The van der Waals surface area contributed by atoms with Crippen molar-refractivity contribution >= 4 is 17.2 Å². The summed E-state index contributed by atoms with van der Waals surface area (Å²) in [4.78, 5) is 17.0. The van der Waals surface area contributed by atoms with E-state index < -0.39 is 13.0 Å².